The molecule has 7 heteroatoms. The summed E-state index contributed by atoms with van der Waals surface area (Å²) in [6.07, 6.45) is 1.50. The van der Waals surface area contributed by atoms with Crippen LogP contribution in [-0.4, -0.2) is 19.9 Å². The predicted octanol–water partition coefficient (Wildman–Crippen LogP) is 1.89. The zero-order chi connectivity index (χ0) is 15.5. The largest absolute Gasteiger partial charge is 0.325 e. The van der Waals surface area contributed by atoms with Crippen molar-refractivity contribution in [1.29, 1.82) is 0 Å². The third kappa shape index (κ3) is 3.03. The molecule has 0 aliphatic carbocycles. The number of nitrogens with zero attached hydrogens (tertiary/aromatic N) is 2. The van der Waals surface area contributed by atoms with Gasteiger partial charge in [-0.3, -0.25) is 9.29 Å². The summed E-state index contributed by atoms with van der Waals surface area (Å²) >= 11 is 0. The van der Waals surface area contributed by atoms with Crippen LogP contribution in [0.3, 0.4) is 0 Å². The van der Waals surface area contributed by atoms with E-state index in [1.165, 1.54) is 40.8 Å². The van der Waals surface area contributed by atoms with Gasteiger partial charge in [0, 0.05) is 19.3 Å². The quantitative estimate of drug-likeness (QED) is 0.915. The van der Waals surface area contributed by atoms with E-state index in [9.17, 15) is 12.8 Å². The molecule has 1 aromatic heterocycles. The maximum absolute atomic E-state index is 13.0. The number of pyridine rings is 1. The minimum absolute atomic E-state index is 0.0242. The van der Waals surface area contributed by atoms with E-state index in [1.54, 1.807) is 13.0 Å². The van der Waals surface area contributed by atoms with Crippen molar-refractivity contribution < 1.29 is 12.8 Å². The number of benzene rings is 1. The Morgan fingerprint density at radius 1 is 1.24 bits per heavy atom. The lowest BCUT2D eigenvalue weighted by molar-refractivity contribution is 0.589. The Hall–Kier alpha value is -1.99. The molecule has 1 aromatic carbocycles. The molecule has 0 fully saturated rings. The summed E-state index contributed by atoms with van der Waals surface area (Å²) in [5.41, 5.74) is 6.25. The zero-order valence-electron chi connectivity index (χ0n) is 11.5. The van der Waals surface area contributed by atoms with E-state index in [1.807, 2.05) is 0 Å². The first-order chi connectivity index (χ1) is 10.0. The van der Waals surface area contributed by atoms with Crippen molar-refractivity contribution in [3.05, 3.63) is 54.1 Å². The van der Waals surface area contributed by atoms with E-state index in [4.69, 9.17) is 5.73 Å². The third-order valence-corrected chi connectivity index (χ3v) is 4.99. The van der Waals surface area contributed by atoms with Gasteiger partial charge in [-0.15, -0.1) is 0 Å². The third-order valence-electron chi connectivity index (χ3n) is 3.01. The van der Waals surface area contributed by atoms with Crippen molar-refractivity contribution in [3.8, 4) is 0 Å². The normalized spacial score (nSPS) is 11.4. The molecule has 0 saturated carbocycles. The number of aromatic nitrogens is 1. The Labute approximate surface area is 123 Å². The summed E-state index contributed by atoms with van der Waals surface area (Å²) in [4.78, 5) is 4.07. The first-order valence-electron chi connectivity index (χ1n) is 6.43. The molecular formula is C14H16FN3O2S. The lowest BCUT2D eigenvalue weighted by Crippen LogP contribution is -2.32. The molecule has 0 radical (unpaired) electrons. The van der Waals surface area contributed by atoms with Crippen LogP contribution in [-0.2, 0) is 16.6 Å². The summed E-state index contributed by atoms with van der Waals surface area (Å²) in [5, 5.41) is 0. The number of nitrogens with two attached hydrogens (primary N) is 1. The molecule has 112 valence electrons. The molecular weight excluding hydrogens is 293 g/mol. The Bertz CT molecular complexity index is 717. The van der Waals surface area contributed by atoms with E-state index in [-0.39, 0.29) is 18.0 Å². The van der Waals surface area contributed by atoms with E-state index in [0.717, 1.165) is 0 Å². The minimum atomic E-state index is -3.79. The van der Waals surface area contributed by atoms with E-state index in [0.29, 0.717) is 11.4 Å². The van der Waals surface area contributed by atoms with Crippen LogP contribution in [0.15, 0.2) is 47.5 Å². The molecule has 0 spiro atoms. The summed E-state index contributed by atoms with van der Waals surface area (Å²) in [6, 6.07) is 8.31. The van der Waals surface area contributed by atoms with Crippen LogP contribution in [0.5, 0.6) is 0 Å². The van der Waals surface area contributed by atoms with Crippen molar-refractivity contribution in [2.45, 2.75) is 18.4 Å². The fourth-order valence-corrected chi connectivity index (χ4v) is 3.69. The van der Waals surface area contributed by atoms with Gasteiger partial charge in [0.05, 0.1) is 11.4 Å². The highest BCUT2D eigenvalue weighted by Crippen LogP contribution is 2.25. The van der Waals surface area contributed by atoms with Crippen LogP contribution in [0.1, 0.15) is 12.6 Å². The van der Waals surface area contributed by atoms with Crippen LogP contribution >= 0.6 is 0 Å². The van der Waals surface area contributed by atoms with Crippen molar-refractivity contribution in [2.75, 3.05) is 10.8 Å². The summed E-state index contributed by atoms with van der Waals surface area (Å²) in [5.74, 6) is -0.420. The second-order valence-electron chi connectivity index (χ2n) is 4.30. The van der Waals surface area contributed by atoms with Gasteiger partial charge >= 0.3 is 0 Å². The first-order valence-corrected chi connectivity index (χ1v) is 7.87. The smallest absolute Gasteiger partial charge is 0.266 e. The number of halogens is 1. The average molecular weight is 309 g/mol. The van der Waals surface area contributed by atoms with Crippen LogP contribution in [0.25, 0.3) is 0 Å². The highest BCUT2D eigenvalue weighted by atomic mass is 32.2. The topological polar surface area (TPSA) is 76.3 Å². The van der Waals surface area contributed by atoms with Gasteiger partial charge in [-0.1, -0.05) is 0 Å². The van der Waals surface area contributed by atoms with Crippen molar-refractivity contribution in [3.63, 3.8) is 0 Å². The fraction of sp³-hybridized carbons (Fsp3) is 0.214. The van der Waals surface area contributed by atoms with Crippen LogP contribution < -0.4 is 10.0 Å². The van der Waals surface area contributed by atoms with Gasteiger partial charge in [0.25, 0.3) is 10.0 Å². The number of hydrogen-bond acceptors (Lipinski definition) is 4. The molecule has 21 heavy (non-hydrogen) atoms. The molecule has 1 heterocycles. The Kier molecular flexibility index (Phi) is 4.54. The van der Waals surface area contributed by atoms with Crippen molar-refractivity contribution in [2.24, 2.45) is 5.73 Å². The van der Waals surface area contributed by atoms with E-state index in [2.05, 4.69) is 4.98 Å². The molecule has 2 N–H and O–H groups in total. The van der Waals surface area contributed by atoms with E-state index < -0.39 is 15.8 Å². The van der Waals surface area contributed by atoms with Gasteiger partial charge in [0.2, 0.25) is 0 Å². The first kappa shape index (κ1) is 15.4. The second kappa shape index (κ2) is 6.19. The summed E-state index contributed by atoms with van der Waals surface area (Å²) in [6.45, 7) is 1.95. The molecule has 2 rings (SSSR count). The maximum atomic E-state index is 13.0. The van der Waals surface area contributed by atoms with Crippen molar-refractivity contribution in [1.82, 2.24) is 4.98 Å². The van der Waals surface area contributed by atoms with Gasteiger partial charge in [0.15, 0.2) is 0 Å². The van der Waals surface area contributed by atoms with E-state index >= 15 is 0 Å². The molecule has 0 saturated heterocycles. The molecule has 0 amide bonds. The lowest BCUT2D eigenvalue weighted by Gasteiger charge is -2.23. The molecule has 0 aliphatic heterocycles. The van der Waals surface area contributed by atoms with Crippen LogP contribution in [0.4, 0.5) is 10.1 Å². The van der Waals surface area contributed by atoms with Gasteiger partial charge in [-0.05, 0) is 43.3 Å². The molecule has 0 atom stereocenters. The van der Waals surface area contributed by atoms with Gasteiger partial charge < -0.3 is 5.73 Å². The highest BCUT2D eigenvalue weighted by molar-refractivity contribution is 7.92. The highest BCUT2D eigenvalue weighted by Gasteiger charge is 2.26. The lowest BCUT2D eigenvalue weighted by atomic mass is 10.3. The molecule has 0 aliphatic rings. The SMILES string of the molecule is CCN(c1ccc(F)cc1)S(=O)(=O)c1cccnc1CN. The van der Waals surface area contributed by atoms with Gasteiger partial charge in [-0.25, -0.2) is 12.8 Å². The molecule has 2 aromatic rings. The van der Waals surface area contributed by atoms with Crippen molar-refractivity contribution >= 4 is 15.7 Å². The maximum Gasteiger partial charge on any atom is 0.266 e. The number of rotatable bonds is 5. The monoisotopic (exact) mass is 309 g/mol. The van der Waals surface area contributed by atoms with Gasteiger partial charge in [0.1, 0.15) is 10.7 Å². The summed E-state index contributed by atoms with van der Waals surface area (Å²) in [7, 11) is -3.79. The number of sulfonamides is 1. The zero-order valence-corrected chi connectivity index (χ0v) is 12.3. The molecule has 0 unspecified atom stereocenters. The number of anilines is 1. The molecule has 5 nitrogen and oxygen atoms in total. The number of hydrogen-bond donors (Lipinski definition) is 1. The Morgan fingerprint density at radius 3 is 2.48 bits per heavy atom. The van der Waals surface area contributed by atoms with Gasteiger partial charge in [-0.2, -0.15) is 0 Å². The van der Waals surface area contributed by atoms with Crippen LogP contribution in [0.2, 0.25) is 0 Å². The summed E-state index contributed by atoms with van der Waals surface area (Å²) < 4.78 is 39.7. The predicted molar refractivity (Wildman–Crippen MR) is 78.7 cm³/mol. The standard InChI is InChI=1S/C14H16FN3O2S/c1-2-18(12-7-5-11(15)6-8-12)21(19,20)14-4-3-9-17-13(14)10-16/h3-9H,2,10,16H2,1H3. The Balaban J connectivity index is 2.52. The Morgan fingerprint density at radius 2 is 1.90 bits per heavy atom. The minimum Gasteiger partial charge on any atom is -0.325 e. The van der Waals surface area contributed by atoms with Crippen LogP contribution in [0, 0.1) is 5.82 Å². The molecule has 0 bridgehead atoms. The second-order valence-corrected chi connectivity index (χ2v) is 6.13. The fourth-order valence-electron chi connectivity index (χ4n) is 2.03. The average Bonchev–Trinajstić information content (AvgIpc) is 2.49.